The first-order valence-electron chi connectivity index (χ1n) is 19.2. The summed E-state index contributed by atoms with van der Waals surface area (Å²) in [5, 5.41) is 19.1. The van der Waals surface area contributed by atoms with Crippen molar-refractivity contribution in [3.8, 4) is 0 Å². The Bertz CT molecular complexity index is 1700. The van der Waals surface area contributed by atoms with Crippen molar-refractivity contribution in [2.24, 2.45) is 44.8 Å². The molecule has 5 aliphatic carbocycles. The fourth-order valence-electron chi connectivity index (χ4n) is 13.2. The van der Waals surface area contributed by atoms with E-state index in [-0.39, 0.29) is 33.0 Å². The van der Waals surface area contributed by atoms with Crippen LogP contribution in [0.4, 0.5) is 11.6 Å². The van der Waals surface area contributed by atoms with Crippen LogP contribution < -0.4 is 10.6 Å². The summed E-state index contributed by atoms with van der Waals surface area (Å²) in [5.41, 5.74) is 12.4. The van der Waals surface area contributed by atoms with Crippen molar-refractivity contribution in [1.29, 1.82) is 0 Å². The van der Waals surface area contributed by atoms with Crippen LogP contribution in [0.25, 0.3) is 5.57 Å². The number of fused-ring (bicyclic) bond motifs is 8. The van der Waals surface area contributed by atoms with Gasteiger partial charge in [-0.2, -0.15) is 5.10 Å². The Hall–Kier alpha value is -2.87. The number of aromatic amines is 1. The van der Waals surface area contributed by atoms with Crippen molar-refractivity contribution in [2.75, 3.05) is 43.9 Å². The molecule has 0 radical (unpaired) electrons. The number of piperazine rings is 1. The van der Waals surface area contributed by atoms with Crippen molar-refractivity contribution in [1.82, 2.24) is 20.1 Å². The van der Waals surface area contributed by atoms with Gasteiger partial charge in [-0.05, 0) is 128 Å². The molecule has 4 fully saturated rings. The Kier molecular flexibility index (Phi) is 7.19. The van der Waals surface area contributed by atoms with E-state index >= 15 is 0 Å². The largest absolute Gasteiger partial charge is 0.481 e. The first kappa shape index (κ1) is 33.3. The Labute approximate surface area is 293 Å². The van der Waals surface area contributed by atoms with Gasteiger partial charge in [-0.25, -0.2) is 4.98 Å². The van der Waals surface area contributed by atoms with Gasteiger partial charge in [0.15, 0.2) is 0 Å². The zero-order valence-electron chi connectivity index (χ0n) is 31.4. The fraction of sp³-hybridized carbons (Fsp3) is 0.732. The van der Waals surface area contributed by atoms with Gasteiger partial charge in [0, 0.05) is 43.4 Å². The molecular weight excluding hydrogens is 608 g/mol. The van der Waals surface area contributed by atoms with Crippen molar-refractivity contribution < 1.29 is 9.90 Å². The quantitative estimate of drug-likeness (QED) is 0.310. The first-order chi connectivity index (χ1) is 23.0. The standard InChI is InChI=1S/C41H60N6O2/c1-36(2)13-15-41(35(48)49)16-14-40(7)32(28(41)23-36)26(25-9-10-31(43-24-25)47-19-17-46(8)18-20-47)21-30-38(5)22-27-33(44-45-34(27)42)37(3,4)29(38)11-12-39(30,40)6/h9-10,24,28-30H,11-23H2,1-8H3,(H,48,49)(H3,42,44,45)/t28?,29?,30?,38-,39+,40+,41-/m0/s1. The minimum Gasteiger partial charge on any atom is -0.481 e. The van der Waals surface area contributed by atoms with Crippen LogP contribution in [0.1, 0.15) is 117 Å². The third-order valence-corrected chi connectivity index (χ3v) is 16.3. The van der Waals surface area contributed by atoms with Crippen molar-refractivity contribution in [3.05, 3.63) is 40.7 Å². The minimum atomic E-state index is -0.694. The normalized spacial score (nSPS) is 39.7. The SMILES string of the molecule is CN1CCN(c2ccc(C3=C4C5CC(C)(C)CC[C@]5(C(=O)O)CC[C@@]4(C)[C@]4(C)CCC5C(C)(C)c6n[nH]c(N)c6C[C@]5(C)C4C3)cn2)CC1. The monoisotopic (exact) mass is 668 g/mol. The van der Waals surface area contributed by atoms with Crippen LogP contribution in [0.2, 0.25) is 0 Å². The van der Waals surface area contributed by atoms with Gasteiger partial charge < -0.3 is 20.6 Å². The summed E-state index contributed by atoms with van der Waals surface area (Å²) >= 11 is 0. The third-order valence-electron chi connectivity index (χ3n) is 16.3. The molecule has 2 aromatic rings. The van der Waals surface area contributed by atoms with Gasteiger partial charge in [-0.1, -0.05) is 54.0 Å². The summed E-state index contributed by atoms with van der Waals surface area (Å²) in [5.74, 6) is 2.12. The van der Waals surface area contributed by atoms with E-state index in [1.807, 2.05) is 0 Å². The van der Waals surface area contributed by atoms with Gasteiger partial charge in [-0.3, -0.25) is 9.89 Å². The second kappa shape index (κ2) is 10.6. The maximum atomic E-state index is 13.5. The highest BCUT2D eigenvalue weighted by atomic mass is 16.4. The van der Waals surface area contributed by atoms with Crippen LogP contribution in [0, 0.1) is 44.8 Å². The van der Waals surface area contributed by atoms with E-state index in [9.17, 15) is 9.90 Å². The number of nitrogens with zero attached hydrogens (tertiary/aromatic N) is 4. The highest BCUT2D eigenvalue weighted by Gasteiger charge is 2.70. The number of likely N-dealkylation sites (N-methyl/N-ethyl adjacent to an activating group) is 1. The van der Waals surface area contributed by atoms with E-state index in [4.69, 9.17) is 15.8 Å². The zero-order chi connectivity index (χ0) is 34.9. The van der Waals surface area contributed by atoms with Crippen LogP contribution >= 0.6 is 0 Å². The lowest BCUT2D eigenvalue weighted by Crippen LogP contribution is -2.65. The molecule has 2 aromatic heterocycles. The molecule has 3 unspecified atom stereocenters. The number of nitrogens with two attached hydrogens (primary N) is 1. The van der Waals surface area contributed by atoms with Crippen LogP contribution in [-0.2, 0) is 16.6 Å². The molecule has 8 rings (SSSR count). The lowest BCUT2D eigenvalue weighted by molar-refractivity contribution is -0.175. The Morgan fingerprint density at radius 2 is 1.67 bits per heavy atom. The summed E-state index contributed by atoms with van der Waals surface area (Å²) in [6, 6.07) is 4.57. The van der Waals surface area contributed by atoms with Crippen LogP contribution in [0.3, 0.4) is 0 Å². The van der Waals surface area contributed by atoms with Gasteiger partial charge in [0.1, 0.15) is 11.6 Å². The summed E-state index contributed by atoms with van der Waals surface area (Å²) in [6.07, 6.45) is 10.7. The van der Waals surface area contributed by atoms with Gasteiger partial charge >= 0.3 is 5.97 Å². The number of pyridine rings is 1. The Morgan fingerprint density at radius 3 is 2.35 bits per heavy atom. The Morgan fingerprint density at radius 1 is 0.959 bits per heavy atom. The van der Waals surface area contributed by atoms with E-state index in [0.29, 0.717) is 11.8 Å². The van der Waals surface area contributed by atoms with Crippen LogP contribution in [0.15, 0.2) is 23.9 Å². The number of carboxylic acid groups (broad SMARTS) is 1. The molecule has 1 aliphatic heterocycles. The minimum absolute atomic E-state index is 0.0155. The van der Waals surface area contributed by atoms with Gasteiger partial charge in [0.2, 0.25) is 0 Å². The van der Waals surface area contributed by atoms with E-state index in [1.165, 1.54) is 22.3 Å². The number of allylic oxidation sites excluding steroid dienone is 2. The molecule has 3 saturated carbocycles. The number of anilines is 2. The summed E-state index contributed by atoms with van der Waals surface area (Å²) in [4.78, 5) is 23.5. The van der Waals surface area contributed by atoms with E-state index in [2.05, 4.69) is 88.7 Å². The van der Waals surface area contributed by atoms with Gasteiger partial charge in [-0.15, -0.1) is 0 Å². The summed E-state index contributed by atoms with van der Waals surface area (Å²) in [7, 11) is 2.19. The van der Waals surface area contributed by atoms with E-state index in [1.54, 1.807) is 0 Å². The zero-order valence-corrected chi connectivity index (χ0v) is 31.4. The number of nitrogens with one attached hydrogen (secondary N) is 1. The molecular formula is C41H60N6O2. The molecule has 7 atom stereocenters. The molecule has 8 nitrogen and oxygen atoms in total. The number of aliphatic carboxylic acids is 1. The maximum Gasteiger partial charge on any atom is 0.310 e. The molecule has 0 aromatic carbocycles. The Balaban J connectivity index is 1.32. The molecule has 0 spiro atoms. The molecule has 8 heteroatoms. The smallest absolute Gasteiger partial charge is 0.310 e. The predicted molar refractivity (Wildman–Crippen MR) is 196 cm³/mol. The molecule has 1 saturated heterocycles. The lowest BCUT2D eigenvalue weighted by Gasteiger charge is -2.71. The number of hydrogen-bond acceptors (Lipinski definition) is 6. The summed E-state index contributed by atoms with van der Waals surface area (Å²) < 4.78 is 0. The van der Waals surface area contributed by atoms with Crippen molar-refractivity contribution in [2.45, 2.75) is 112 Å². The van der Waals surface area contributed by atoms with Gasteiger partial charge in [0.25, 0.3) is 0 Å². The second-order valence-corrected chi connectivity index (χ2v) is 19.4. The molecule has 4 N–H and O–H groups in total. The molecule has 0 bridgehead atoms. The molecule has 266 valence electrons. The maximum absolute atomic E-state index is 13.5. The number of carbonyl (C=O) groups is 1. The highest BCUT2D eigenvalue weighted by Crippen LogP contribution is 2.77. The van der Waals surface area contributed by atoms with Gasteiger partial charge in [0.05, 0.1) is 11.1 Å². The number of H-pyrrole nitrogens is 1. The first-order valence-corrected chi connectivity index (χ1v) is 19.2. The average molecular weight is 669 g/mol. The van der Waals surface area contributed by atoms with Crippen LogP contribution in [0.5, 0.6) is 0 Å². The molecule has 6 aliphatic rings. The van der Waals surface area contributed by atoms with Crippen LogP contribution in [-0.4, -0.2) is 64.4 Å². The predicted octanol–water partition coefficient (Wildman–Crippen LogP) is 7.57. The number of aromatic nitrogens is 3. The van der Waals surface area contributed by atoms with Crippen molar-refractivity contribution in [3.63, 3.8) is 0 Å². The number of rotatable bonds is 3. The number of nitrogen functional groups attached to an aromatic ring is 1. The molecule has 3 heterocycles. The summed E-state index contributed by atoms with van der Waals surface area (Å²) in [6.45, 7) is 21.3. The number of carboxylic acids is 1. The fourth-order valence-corrected chi connectivity index (χ4v) is 13.2. The number of hydrogen-bond donors (Lipinski definition) is 3. The average Bonchev–Trinajstić information content (AvgIpc) is 3.41. The third kappa shape index (κ3) is 4.46. The van der Waals surface area contributed by atoms with E-state index < -0.39 is 11.4 Å². The lowest BCUT2D eigenvalue weighted by atomic mass is 9.33. The van der Waals surface area contributed by atoms with E-state index in [0.717, 1.165) is 101 Å². The highest BCUT2D eigenvalue weighted by molar-refractivity contribution is 5.80. The molecule has 49 heavy (non-hydrogen) atoms. The molecule has 0 amide bonds. The second-order valence-electron chi connectivity index (χ2n) is 19.4. The van der Waals surface area contributed by atoms with Crippen molar-refractivity contribution >= 4 is 23.2 Å². The topological polar surface area (TPSA) is 111 Å².